The molecule has 1 aromatic carbocycles. The largest absolute Gasteiger partial charge is 0.466 e. The Morgan fingerprint density at radius 2 is 1.96 bits per heavy atom. The number of allylic oxidation sites excluding steroid dienone is 2. The number of benzene rings is 1. The van der Waals surface area contributed by atoms with Crippen molar-refractivity contribution in [1.29, 1.82) is 0 Å². The van der Waals surface area contributed by atoms with Gasteiger partial charge in [0.15, 0.2) is 5.78 Å². The van der Waals surface area contributed by atoms with E-state index < -0.39 is 11.9 Å². The number of ether oxygens (including phenoxy) is 1. The molecule has 28 heavy (non-hydrogen) atoms. The van der Waals surface area contributed by atoms with E-state index in [1.807, 2.05) is 35.4 Å². The Morgan fingerprint density at radius 3 is 2.64 bits per heavy atom. The van der Waals surface area contributed by atoms with Gasteiger partial charge in [-0.1, -0.05) is 12.1 Å². The molecule has 146 valence electrons. The Labute approximate surface area is 168 Å². The molecule has 2 heterocycles. The van der Waals surface area contributed by atoms with E-state index in [1.54, 1.807) is 11.8 Å². The Balaban J connectivity index is 1.97. The van der Waals surface area contributed by atoms with Crippen molar-refractivity contribution in [3.8, 4) is 0 Å². The van der Waals surface area contributed by atoms with Crippen molar-refractivity contribution in [3.05, 3.63) is 52.4 Å². The molecule has 1 aromatic rings. The average Bonchev–Trinajstić information content (AvgIpc) is 2.73. The van der Waals surface area contributed by atoms with Crippen LogP contribution in [-0.4, -0.2) is 49.0 Å². The van der Waals surface area contributed by atoms with Gasteiger partial charge in [-0.2, -0.15) is 0 Å². The molecule has 0 bridgehead atoms. The minimum absolute atomic E-state index is 0.0478. The van der Waals surface area contributed by atoms with E-state index in [2.05, 4.69) is 5.32 Å². The number of nitrogens with one attached hydrogen (secondary N) is 1. The van der Waals surface area contributed by atoms with Crippen molar-refractivity contribution < 1.29 is 19.1 Å². The Bertz CT molecular complexity index is 917. The third kappa shape index (κ3) is 2.94. The third-order valence-corrected chi connectivity index (χ3v) is 6.29. The number of nitrogens with zero attached hydrogens (tertiary/aromatic N) is 1. The fourth-order valence-corrected chi connectivity index (χ4v) is 4.74. The van der Waals surface area contributed by atoms with Crippen molar-refractivity contribution in [3.63, 3.8) is 0 Å². The Hall–Kier alpha value is -2.54. The molecule has 1 amide bonds. The number of carbonyl (C=O) groups is 3. The molecule has 0 spiro atoms. The van der Waals surface area contributed by atoms with Crippen LogP contribution in [0.1, 0.15) is 30.7 Å². The maximum absolute atomic E-state index is 13.0. The highest BCUT2D eigenvalue weighted by Crippen LogP contribution is 2.46. The van der Waals surface area contributed by atoms with E-state index in [0.29, 0.717) is 30.8 Å². The fraction of sp³-hybridized carbons (Fsp3) is 0.381. The van der Waals surface area contributed by atoms with E-state index >= 15 is 0 Å². The van der Waals surface area contributed by atoms with Crippen LogP contribution in [0.3, 0.4) is 0 Å². The van der Waals surface area contributed by atoms with Gasteiger partial charge in [-0.15, -0.1) is 11.8 Å². The number of carbonyl (C=O) groups excluding carboxylic acids is 3. The SMILES string of the molecule is COC(=O)C1=C2C(=O)NCCN2C2=C(C(=O)CCC2)[C@H]1c1ccc(SC)cc1. The fourth-order valence-electron chi connectivity index (χ4n) is 4.33. The summed E-state index contributed by atoms with van der Waals surface area (Å²) in [5.41, 5.74) is 2.93. The minimum Gasteiger partial charge on any atom is -0.466 e. The molecule has 3 aliphatic rings. The van der Waals surface area contributed by atoms with E-state index in [1.165, 1.54) is 7.11 Å². The lowest BCUT2D eigenvalue weighted by molar-refractivity contribution is -0.137. The lowest BCUT2D eigenvalue weighted by Gasteiger charge is -2.43. The lowest BCUT2D eigenvalue weighted by atomic mass is 9.74. The molecular formula is C21H22N2O4S. The van der Waals surface area contributed by atoms with Crippen LogP contribution in [0.15, 0.2) is 51.7 Å². The van der Waals surface area contributed by atoms with Gasteiger partial charge in [-0.05, 0) is 36.8 Å². The summed E-state index contributed by atoms with van der Waals surface area (Å²) in [5, 5.41) is 2.83. The van der Waals surface area contributed by atoms with Crippen molar-refractivity contribution in [2.75, 3.05) is 26.5 Å². The molecule has 0 radical (unpaired) electrons. The summed E-state index contributed by atoms with van der Waals surface area (Å²) < 4.78 is 5.06. The first kappa shape index (κ1) is 18.8. The summed E-state index contributed by atoms with van der Waals surface area (Å²) in [4.78, 5) is 41.5. The van der Waals surface area contributed by atoms with Gasteiger partial charge in [-0.25, -0.2) is 4.79 Å². The van der Waals surface area contributed by atoms with Crippen LogP contribution < -0.4 is 5.32 Å². The predicted octanol–water partition coefficient (Wildman–Crippen LogP) is 2.37. The van der Waals surface area contributed by atoms with Crippen LogP contribution in [0.5, 0.6) is 0 Å². The number of fused-ring (bicyclic) bond motifs is 2. The number of hydrogen-bond acceptors (Lipinski definition) is 6. The highest BCUT2D eigenvalue weighted by Gasteiger charge is 2.45. The second-order valence-electron chi connectivity index (χ2n) is 7.00. The van der Waals surface area contributed by atoms with Crippen molar-refractivity contribution in [1.82, 2.24) is 10.2 Å². The van der Waals surface area contributed by atoms with Crippen LogP contribution in [0.4, 0.5) is 0 Å². The van der Waals surface area contributed by atoms with Crippen LogP contribution in [0, 0.1) is 0 Å². The van der Waals surface area contributed by atoms with Gasteiger partial charge >= 0.3 is 5.97 Å². The molecule has 4 rings (SSSR count). The maximum Gasteiger partial charge on any atom is 0.337 e. The van der Waals surface area contributed by atoms with E-state index in [9.17, 15) is 14.4 Å². The first-order valence-electron chi connectivity index (χ1n) is 9.35. The third-order valence-electron chi connectivity index (χ3n) is 5.55. The molecule has 0 aromatic heterocycles. The first-order valence-corrected chi connectivity index (χ1v) is 10.6. The maximum atomic E-state index is 13.0. The lowest BCUT2D eigenvalue weighted by Crippen LogP contribution is -2.50. The second-order valence-corrected chi connectivity index (χ2v) is 7.88. The van der Waals surface area contributed by atoms with E-state index in [-0.39, 0.29) is 17.3 Å². The van der Waals surface area contributed by atoms with Crippen molar-refractivity contribution in [2.45, 2.75) is 30.1 Å². The van der Waals surface area contributed by atoms with Gasteiger partial charge in [0, 0.05) is 41.6 Å². The van der Waals surface area contributed by atoms with Crippen LogP contribution >= 0.6 is 11.8 Å². The van der Waals surface area contributed by atoms with Crippen LogP contribution in [-0.2, 0) is 19.1 Å². The first-order chi connectivity index (χ1) is 13.6. The van der Waals surface area contributed by atoms with Gasteiger partial charge < -0.3 is 15.0 Å². The Kier molecular flexibility index (Phi) is 5.02. The van der Waals surface area contributed by atoms with Gasteiger partial charge in [0.1, 0.15) is 5.70 Å². The molecule has 1 fully saturated rings. The number of thioether (sulfide) groups is 1. The van der Waals surface area contributed by atoms with E-state index in [4.69, 9.17) is 4.74 Å². The summed E-state index contributed by atoms with van der Waals surface area (Å²) >= 11 is 1.62. The molecule has 1 saturated heterocycles. The van der Waals surface area contributed by atoms with Crippen molar-refractivity contribution >= 4 is 29.4 Å². The van der Waals surface area contributed by atoms with Gasteiger partial charge in [0.05, 0.1) is 12.7 Å². The topological polar surface area (TPSA) is 75.7 Å². The second kappa shape index (κ2) is 7.47. The van der Waals surface area contributed by atoms with Crippen molar-refractivity contribution in [2.24, 2.45) is 0 Å². The molecular weight excluding hydrogens is 376 g/mol. The highest BCUT2D eigenvalue weighted by atomic mass is 32.2. The predicted molar refractivity (Wildman–Crippen MR) is 106 cm³/mol. The average molecular weight is 398 g/mol. The normalized spacial score (nSPS) is 21.9. The summed E-state index contributed by atoms with van der Waals surface area (Å²) in [7, 11) is 1.31. The number of piperazine rings is 1. The monoisotopic (exact) mass is 398 g/mol. The quantitative estimate of drug-likeness (QED) is 0.622. The summed E-state index contributed by atoms with van der Waals surface area (Å²) in [6.45, 7) is 1.03. The zero-order valence-corrected chi connectivity index (χ0v) is 16.7. The van der Waals surface area contributed by atoms with Crippen LogP contribution in [0.2, 0.25) is 0 Å². The zero-order valence-electron chi connectivity index (χ0n) is 15.9. The number of hydrogen-bond donors (Lipinski definition) is 1. The minimum atomic E-state index is -0.582. The summed E-state index contributed by atoms with van der Waals surface area (Å²) in [6, 6.07) is 7.81. The highest BCUT2D eigenvalue weighted by molar-refractivity contribution is 7.98. The standard InChI is InChI=1S/C21H22N2O4S/c1-27-21(26)18-16(12-6-8-13(28-2)9-7-12)17-14(4-3-5-15(17)24)23-11-10-22-20(25)19(18)23/h6-9,16H,3-5,10-11H2,1-2H3,(H,22,25)/t16-/m1/s1. The molecule has 0 saturated carbocycles. The Morgan fingerprint density at radius 1 is 1.21 bits per heavy atom. The zero-order chi connectivity index (χ0) is 19.8. The summed E-state index contributed by atoms with van der Waals surface area (Å²) in [5.74, 6) is -1.39. The number of Topliss-reactive ketones (excluding diaryl/α,β-unsaturated/α-hetero) is 1. The molecule has 1 aliphatic carbocycles. The number of amides is 1. The van der Waals surface area contributed by atoms with E-state index in [0.717, 1.165) is 29.0 Å². The smallest absolute Gasteiger partial charge is 0.337 e. The van der Waals surface area contributed by atoms with Gasteiger partial charge in [0.2, 0.25) is 0 Å². The summed E-state index contributed by atoms with van der Waals surface area (Å²) in [6.07, 6.45) is 3.94. The molecule has 6 nitrogen and oxygen atoms in total. The van der Waals surface area contributed by atoms with Gasteiger partial charge in [-0.3, -0.25) is 9.59 Å². The number of rotatable bonds is 3. The number of esters is 1. The number of ketones is 1. The number of methoxy groups -OCH3 is 1. The molecule has 1 atom stereocenters. The van der Waals surface area contributed by atoms with Gasteiger partial charge in [0.25, 0.3) is 5.91 Å². The molecule has 7 heteroatoms. The molecule has 0 unspecified atom stereocenters. The molecule has 1 N–H and O–H groups in total. The van der Waals surface area contributed by atoms with Crippen LogP contribution in [0.25, 0.3) is 0 Å². The molecule has 2 aliphatic heterocycles.